The van der Waals surface area contributed by atoms with Gasteiger partial charge in [-0.15, -0.1) is 0 Å². The standard InChI is InChI=1S/C19H17N5O3/c25-17(20-10-9-16-21-14-7-3-4-8-15(14)22-16)11-24-19(27)13-6-2-1-5-12(13)18(26)23-24/h1-8H,9-11H2,(H,20,25)(H,21,22)(H,23,26). The fraction of sp³-hybridized carbons (Fsp3) is 0.158. The maximum absolute atomic E-state index is 12.4. The summed E-state index contributed by atoms with van der Waals surface area (Å²) in [5.74, 6) is 0.409. The average molecular weight is 363 g/mol. The molecule has 0 unspecified atom stereocenters. The highest BCUT2D eigenvalue weighted by Gasteiger charge is 2.10. The Hall–Kier alpha value is -3.68. The fourth-order valence-electron chi connectivity index (χ4n) is 3.00. The first-order chi connectivity index (χ1) is 13.1. The van der Waals surface area contributed by atoms with Gasteiger partial charge in [-0.1, -0.05) is 24.3 Å². The summed E-state index contributed by atoms with van der Waals surface area (Å²) in [6, 6.07) is 14.2. The second-order valence-electron chi connectivity index (χ2n) is 6.18. The van der Waals surface area contributed by atoms with Gasteiger partial charge in [0, 0.05) is 13.0 Å². The van der Waals surface area contributed by atoms with Crippen molar-refractivity contribution in [1.82, 2.24) is 25.1 Å². The number of nitrogens with zero attached hydrogens (tertiary/aromatic N) is 2. The Labute approximate surface area is 152 Å². The zero-order valence-electron chi connectivity index (χ0n) is 14.4. The number of hydrogen-bond donors (Lipinski definition) is 3. The van der Waals surface area contributed by atoms with Gasteiger partial charge >= 0.3 is 0 Å². The SMILES string of the molecule is O=C(Cn1[nH]c(=O)c2ccccc2c1=O)NCCc1nc2ccccc2[nH]1. The number of benzene rings is 2. The van der Waals surface area contributed by atoms with Crippen molar-refractivity contribution >= 4 is 27.7 Å². The molecule has 4 aromatic rings. The second kappa shape index (κ2) is 6.91. The molecule has 0 radical (unpaired) electrons. The molecule has 3 N–H and O–H groups in total. The third-order valence-electron chi connectivity index (χ3n) is 4.31. The van der Waals surface area contributed by atoms with E-state index in [2.05, 4.69) is 20.4 Å². The van der Waals surface area contributed by atoms with Crippen LogP contribution in [-0.2, 0) is 17.8 Å². The average Bonchev–Trinajstić information content (AvgIpc) is 3.09. The molecule has 1 amide bonds. The summed E-state index contributed by atoms with van der Waals surface area (Å²) < 4.78 is 1.03. The first-order valence-electron chi connectivity index (χ1n) is 8.54. The van der Waals surface area contributed by atoms with E-state index in [1.807, 2.05) is 24.3 Å². The lowest BCUT2D eigenvalue weighted by atomic mass is 10.2. The normalized spacial score (nSPS) is 11.1. The van der Waals surface area contributed by atoms with E-state index in [9.17, 15) is 14.4 Å². The van der Waals surface area contributed by atoms with Crippen LogP contribution in [-0.4, -0.2) is 32.2 Å². The number of para-hydroxylation sites is 2. The smallest absolute Gasteiger partial charge is 0.273 e. The van der Waals surface area contributed by atoms with E-state index >= 15 is 0 Å². The number of fused-ring (bicyclic) bond motifs is 2. The largest absolute Gasteiger partial charge is 0.354 e. The van der Waals surface area contributed by atoms with E-state index in [0.29, 0.717) is 18.4 Å². The minimum absolute atomic E-state index is 0.251. The van der Waals surface area contributed by atoms with Gasteiger partial charge in [-0.25, -0.2) is 9.67 Å². The number of amides is 1. The van der Waals surface area contributed by atoms with E-state index in [1.54, 1.807) is 24.3 Å². The molecule has 0 aliphatic heterocycles. The molecular formula is C19H17N5O3. The van der Waals surface area contributed by atoms with Gasteiger partial charge in [0.05, 0.1) is 21.8 Å². The van der Waals surface area contributed by atoms with Crippen LogP contribution in [0.4, 0.5) is 0 Å². The number of H-pyrrole nitrogens is 2. The Morgan fingerprint density at radius 2 is 1.78 bits per heavy atom. The zero-order chi connectivity index (χ0) is 18.8. The van der Waals surface area contributed by atoms with E-state index in [4.69, 9.17) is 0 Å². The van der Waals surface area contributed by atoms with Crippen LogP contribution in [0.2, 0.25) is 0 Å². The molecule has 0 spiro atoms. The quantitative estimate of drug-likeness (QED) is 0.489. The molecule has 0 saturated carbocycles. The molecule has 4 rings (SSSR count). The molecule has 2 heterocycles. The molecule has 0 bridgehead atoms. The van der Waals surface area contributed by atoms with Crippen molar-refractivity contribution in [2.75, 3.05) is 6.54 Å². The Kier molecular flexibility index (Phi) is 4.29. The van der Waals surface area contributed by atoms with E-state index in [0.717, 1.165) is 21.5 Å². The van der Waals surface area contributed by atoms with E-state index < -0.39 is 11.1 Å². The van der Waals surface area contributed by atoms with Crippen LogP contribution in [0.3, 0.4) is 0 Å². The van der Waals surface area contributed by atoms with Crippen LogP contribution in [0, 0.1) is 0 Å². The fourth-order valence-corrected chi connectivity index (χ4v) is 3.00. The van der Waals surface area contributed by atoms with Crippen molar-refractivity contribution in [2.24, 2.45) is 0 Å². The Morgan fingerprint density at radius 3 is 2.59 bits per heavy atom. The molecule has 8 heteroatoms. The third-order valence-corrected chi connectivity index (χ3v) is 4.31. The predicted molar refractivity (Wildman–Crippen MR) is 102 cm³/mol. The number of aromatic nitrogens is 4. The molecule has 0 saturated heterocycles. The lowest BCUT2D eigenvalue weighted by Gasteiger charge is -2.07. The monoisotopic (exact) mass is 363 g/mol. The van der Waals surface area contributed by atoms with Crippen molar-refractivity contribution < 1.29 is 4.79 Å². The highest BCUT2D eigenvalue weighted by molar-refractivity contribution is 5.81. The van der Waals surface area contributed by atoms with Gasteiger partial charge in [-0.05, 0) is 24.3 Å². The third kappa shape index (κ3) is 3.37. The van der Waals surface area contributed by atoms with Crippen molar-refractivity contribution in [3.05, 3.63) is 75.1 Å². The van der Waals surface area contributed by atoms with E-state index in [1.165, 1.54) is 0 Å². The number of carbonyl (C=O) groups is 1. The first-order valence-corrected chi connectivity index (χ1v) is 8.54. The van der Waals surface area contributed by atoms with Gasteiger partial charge < -0.3 is 10.3 Å². The Bertz CT molecular complexity index is 1220. The van der Waals surface area contributed by atoms with Gasteiger partial charge in [-0.3, -0.25) is 19.5 Å². The van der Waals surface area contributed by atoms with Gasteiger partial charge in [0.1, 0.15) is 12.4 Å². The topological polar surface area (TPSA) is 113 Å². The predicted octanol–water partition coefficient (Wildman–Crippen LogP) is 0.925. The lowest BCUT2D eigenvalue weighted by molar-refractivity contribution is -0.121. The molecule has 2 aromatic carbocycles. The molecule has 27 heavy (non-hydrogen) atoms. The lowest BCUT2D eigenvalue weighted by Crippen LogP contribution is -2.37. The number of nitrogens with one attached hydrogen (secondary N) is 3. The first kappa shape index (κ1) is 16.8. The maximum atomic E-state index is 12.4. The van der Waals surface area contributed by atoms with Crippen LogP contribution in [0.5, 0.6) is 0 Å². The van der Waals surface area contributed by atoms with E-state index in [-0.39, 0.29) is 17.8 Å². The molecular weight excluding hydrogens is 346 g/mol. The van der Waals surface area contributed by atoms with Crippen molar-refractivity contribution in [3.63, 3.8) is 0 Å². The van der Waals surface area contributed by atoms with Crippen LogP contribution >= 0.6 is 0 Å². The molecule has 8 nitrogen and oxygen atoms in total. The van der Waals surface area contributed by atoms with Crippen molar-refractivity contribution in [2.45, 2.75) is 13.0 Å². The summed E-state index contributed by atoms with van der Waals surface area (Å²) in [5.41, 5.74) is 1.01. The molecule has 0 fully saturated rings. The van der Waals surface area contributed by atoms with Gasteiger partial charge in [0.15, 0.2) is 0 Å². The van der Waals surface area contributed by atoms with Crippen LogP contribution in [0.1, 0.15) is 5.82 Å². The van der Waals surface area contributed by atoms with Crippen LogP contribution in [0.15, 0.2) is 58.1 Å². The number of imidazole rings is 1. The van der Waals surface area contributed by atoms with Crippen LogP contribution < -0.4 is 16.4 Å². The zero-order valence-corrected chi connectivity index (χ0v) is 14.4. The summed E-state index contributed by atoms with van der Waals surface area (Å²) in [5, 5.41) is 5.78. The number of aromatic amines is 2. The van der Waals surface area contributed by atoms with Crippen molar-refractivity contribution in [3.8, 4) is 0 Å². The Balaban J connectivity index is 1.42. The van der Waals surface area contributed by atoms with Gasteiger partial charge in [0.2, 0.25) is 5.91 Å². The summed E-state index contributed by atoms with van der Waals surface area (Å²) in [6.07, 6.45) is 0.531. The molecule has 0 aliphatic carbocycles. The highest BCUT2D eigenvalue weighted by atomic mass is 16.2. The minimum atomic E-state index is -0.405. The molecule has 2 aromatic heterocycles. The number of hydrogen-bond acceptors (Lipinski definition) is 4. The Morgan fingerprint density at radius 1 is 1.04 bits per heavy atom. The summed E-state index contributed by atoms with van der Waals surface area (Å²) in [4.78, 5) is 44.3. The van der Waals surface area contributed by atoms with Crippen LogP contribution in [0.25, 0.3) is 21.8 Å². The number of rotatable bonds is 5. The number of carbonyl (C=O) groups excluding carboxylic acids is 1. The highest BCUT2D eigenvalue weighted by Crippen LogP contribution is 2.10. The molecule has 0 atom stereocenters. The molecule has 0 aliphatic rings. The summed E-state index contributed by atoms with van der Waals surface area (Å²) in [6.45, 7) is 0.115. The summed E-state index contributed by atoms with van der Waals surface area (Å²) >= 11 is 0. The van der Waals surface area contributed by atoms with Crippen molar-refractivity contribution in [1.29, 1.82) is 0 Å². The minimum Gasteiger partial charge on any atom is -0.354 e. The van der Waals surface area contributed by atoms with Gasteiger partial charge in [0.25, 0.3) is 11.1 Å². The van der Waals surface area contributed by atoms with Gasteiger partial charge in [-0.2, -0.15) is 0 Å². The second-order valence-corrected chi connectivity index (χ2v) is 6.18. The molecule has 136 valence electrons. The maximum Gasteiger partial charge on any atom is 0.273 e. The summed E-state index contributed by atoms with van der Waals surface area (Å²) in [7, 11) is 0.